The molecule has 0 bridgehead atoms. The smallest absolute Gasteiger partial charge is 0.191 e. The Bertz CT molecular complexity index is 862. The van der Waals surface area contributed by atoms with E-state index in [0.717, 1.165) is 22.8 Å². The fourth-order valence-electron chi connectivity index (χ4n) is 2.15. The number of carbonyl (C=O) groups is 1. The summed E-state index contributed by atoms with van der Waals surface area (Å²) >= 11 is 2.80. The van der Waals surface area contributed by atoms with E-state index in [9.17, 15) is 13.6 Å². The Morgan fingerprint density at radius 2 is 2.08 bits per heavy atom. The van der Waals surface area contributed by atoms with Crippen LogP contribution in [0.1, 0.15) is 17.3 Å². The summed E-state index contributed by atoms with van der Waals surface area (Å²) in [6, 6.07) is 7.05. The van der Waals surface area contributed by atoms with E-state index in [1.165, 1.54) is 17.8 Å². The molecule has 2 aromatic heterocycles. The third kappa shape index (κ3) is 3.39. The zero-order chi connectivity index (χ0) is 17.1. The number of Topliss-reactive ketones (excluding diaryl/α,β-unsaturated/α-hetero) is 1. The maximum Gasteiger partial charge on any atom is 0.191 e. The molecule has 0 aliphatic carbocycles. The Morgan fingerprint density at radius 1 is 1.25 bits per heavy atom. The van der Waals surface area contributed by atoms with Gasteiger partial charge in [-0.25, -0.2) is 8.78 Å². The van der Waals surface area contributed by atoms with Crippen molar-refractivity contribution in [3.05, 3.63) is 52.9 Å². The van der Waals surface area contributed by atoms with E-state index in [1.807, 2.05) is 29.0 Å². The summed E-state index contributed by atoms with van der Waals surface area (Å²) in [6.45, 7) is 2.64. The second-order valence-electron chi connectivity index (χ2n) is 4.87. The van der Waals surface area contributed by atoms with Gasteiger partial charge < -0.3 is 4.57 Å². The molecule has 0 unspecified atom stereocenters. The summed E-state index contributed by atoms with van der Waals surface area (Å²) in [5.41, 5.74) is 0.141. The molecule has 124 valence electrons. The lowest BCUT2D eigenvalue weighted by Crippen LogP contribution is -2.06. The van der Waals surface area contributed by atoms with Crippen LogP contribution in [0.4, 0.5) is 8.78 Å². The first-order valence-electron chi connectivity index (χ1n) is 7.18. The number of aromatic nitrogens is 3. The van der Waals surface area contributed by atoms with Crippen LogP contribution >= 0.6 is 23.1 Å². The van der Waals surface area contributed by atoms with Gasteiger partial charge in [-0.15, -0.1) is 21.5 Å². The van der Waals surface area contributed by atoms with Gasteiger partial charge in [0, 0.05) is 12.1 Å². The van der Waals surface area contributed by atoms with Crippen LogP contribution in [0.2, 0.25) is 0 Å². The van der Waals surface area contributed by atoms with Crippen molar-refractivity contribution >= 4 is 28.9 Å². The monoisotopic (exact) mass is 365 g/mol. The van der Waals surface area contributed by atoms with Crippen molar-refractivity contribution in [3.63, 3.8) is 0 Å². The number of thiophene rings is 1. The van der Waals surface area contributed by atoms with E-state index in [0.29, 0.717) is 11.7 Å². The summed E-state index contributed by atoms with van der Waals surface area (Å²) in [7, 11) is 0. The van der Waals surface area contributed by atoms with E-state index in [1.54, 1.807) is 11.3 Å². The fraction of sp³-hybridized carbons (Fsp3) is 0.188. The molecule has 0 saturated heterocycles. The molecule has 8 heteroatoms. The first-order valence-corrected chi connectivity index (χ1v) is 9.04. The van der Waals surface area contributed by atoms with Gasteiger partial charge in [0.05, 0.1) is 10.6 Å². The van der Waals surface area contributed by atoms with E-state index in [-0.39, 0.29) is 17.1 Å². The van der Waals surface area contributed by atoms with Crippen molar-refractivity contribution in [3.8, 4) is 10.7 Å². The molecule has 0 fully saturated rings. The van der Waals surface area contributed by atoms with Crippen molar-refractivity contribution < 1.29 is 13.6 Å². The van der Waals surface area contributed by atoms with Crippen LogP contribution < -0.4 is 0 Å². The molecule has 0 spiro atoms. The average Bonchev–Trinajstić information content (AvgIpc) is 3.23. The molecule has 4 nitrogen and oxygen atoms in total. The van der Waals surface area contributed by atoms with E-state index in [4.69, 9.17) is 0 Å². The maximum absolute atomic E-state index is 13.2. The average molecular weight is 365 g/mol. The first-order chi connectivity index (χ1) is 11.6. The van der Waals surface area contributed by atoms with Crippen molar-refractivity contribution in [2.75, 3.05) is 5.75 Å². The van der Waals surface area contributed by atoms with Crippen LogP contribution in [-0.4, -0.2) is 26.3 Å². The van der Waals surface area contributed by atoms with Gasteiger partial charge in [-0.3, -0.25) is 4.79 Å². The molecule has 3 rings (SSSR count). The van der Waals surface area contributed by atoms with Crippen molar-refractivity contribution in [1.29, 1.82) is 0 Å². The van der Waals surface area contributed by atoms with Gasteiger partial charge in [-0.2, -0.15) is 0 Å². The zero-order valence-electron chi connectivity index (χ0n) is 12.7. The minimum absolute atomic E-state index is 0.0770. The second kappa shape index (κ2) is 7.23. The van der Waals surface area contributed by atoms with Crippen molar-refractivity contribution in [2.45, 2.75) is 18.6 Å². The van der Waals surface area contributed by atoms with Crippen LogP contribution in [0.3, 0.4) is 0 Å². The summed E-state index contributed by atoms with van der Waals surface area (Å²) in [4.78, 5) is 13.2. The predicted octanol–water partition coefficient (Wildman–Crippen LogP) is 4.28. The highest BCUT2D eigenvalue weighted by Crippen LogP contribution is 2.27. The van der Waals surface area contributed by atoms with Crippen LogP contribution in [0.15, 0.2) is 40.9 Å². The molecule has 0 radical (unpaired) electrons. The number of ketones is 1. The third-order valence-corrected chi connectivity index (χ3v) is 5.18. The Labute approximate surface area is 145 Å². The zero-order valence-corrected chi connectivity index (χ0v) is 14.3. The van der Waals surface area contributed by atoms with Gasteiger partial charge in [0.1, 0.15) is 0 Å². The Hall–Kier alpha value is -2.06. The molecule has 3 aromatic rings. The molecule has 24 heavy (non-hydrogen) atoms. The molecular formula is C16H13F2N3OS2. The predicted molar refractivity (Wildman–Crippen MR) is 90.4 cm³/mol. The van der Waals surface area contributed by atoms with Crippen LogP contribution in [-0.2, 0) is 6.54 Å². The second-order valence-corrected chi connectivity index (χ2v) is 6.76. The molecule has 0 atom stereocenters. The summed E-state index contributed by atoms with van der Waals surface area (Å²) in [6.07, 6.45) is 0. The first kappa shape index (κ1) is 16.8. The van der Waals surface area contributed by atoms with E-state index >= 15 is 0 Å². The molecule has 2 heterocycles. The molecule has 0 saturated carbocycles. The number of rotatable bonds is 6. The number of halogens is 2. The van der Waals surface area contributed by atoms with Gasteiger partial charge >= 0.3 is 0 Å². The summed E-state index contributed by atoms with van der Waals surface area (Å²) in [5, 5.41) is 10.9. The fourth-order valence-corrected chi connectivity index (χ4v) is 3.77. The van der Waals surface area contributed by atoms with E-state index in [2.05, 4.69) is 10.2 Å². The lowest BCUT2D eigenvalue weighted by Gasteiger charge is -2.06. The van der Waals surface area contributed by atoms with Crippen LogP contribution in [0.5, 0.6) is 0 Å². The van der Waals surface area contributed by atoms with Crippen LogP contribution in [0, 0.1) is 11.6 Å². The topological polar surface area (TPSA) is 47.8 Å². The molecule has 0 aliphatic heterocycles. The molecule has 0 N–H and O–H groups in total. The maximum atomic E-state index is 13.2. The van der Waals surface area contributed by atoms with Gasteiger partial charge in [0.25, 0.3) is 0 Å². The molecule has 0 aliphatic rings. The SMILES string of the molecule is CCn1c(SCC(=O)c2ccc(F)c(F)c2)nnc1-c1cccs1. The lowest BCUT2D eigenvalue weighted by atomic mass is 10.1. The highest BCUT2D eigenvalue weighted by Gasteiger charge is 2.16. The summed E-state index contributed by atoms with van der Waals surface area (Å²) < 4.78 is 28.1. The minimum atomic E-state index is -1.03. The van der Waals surface area contributed by atoms with Crippen molar-refractivity contribution in [1.82, 2.24) is 14.8 Å². The molecule has 0 amide bonds. The number of thioether (sulfide) groups is 1. The highest BCUT2D eigenvalue weighted by atomic mass is 32.2. The number of hydrogen-bond donors (Lipinski definition) is 0. The largest absolute Gasteiger partial charge is 0.302 e. The summed E-state index contributed by atoms with van der Waals surface area (Å²) in [5.74, 6) is -1.45. The number of hydrogen-bond acceptors (Lipinski definition) is 5. The number of benzene rings is 1. The molecular weight excluding hydrogens is 352 g/mol. The number of nitrogens with zero attached hydrogens (tertiary/aromatic N) is 3. The van der Waals surface area contributed by atoms with Gasteiger partial charge in [0.2, 0.25) is 0 Å². The Morgan fingerprint density at radius 3 is 2.75 bits per heavy atom. The standard InChI is InChI=1S/C16H13F2N3OS2/c1-2-21-15(14-4-3-7-23-14)19-20-16(21)24-9-13(22)10-5-6-11(17)12(18)8-10/h3-8H,2,9H2,1H3. The third-order valence-electron chi connectivity index (χ3n) is 3.35. The van der Waals surface area contributed by atoms with Crippen LogP contribution in [0.25, 0.3) is 10.7 Å². The van der Waals surface area contributed by atoms with Gasteiger partial charge in [-0.05, 0) is 36.6 Å². The highest BCUT2D eigenvalue weighted by molar-refractivity contribution is 7.99. The lowest BCUT2D eigenvalue weighted by molar-refractivity contribution is 0.102. The number of carbonyl (C=O) groups excluding carboxylic acids is 1. The minimum Gasteiger partial charge on any atom is -0.302 e. The Kier molecular flexibility index (Phi) is 5.06. The molecule has 1 aromatic carbocycles. The van der Waals surface area contributed by atoms with Gasteiger partial charge in [-0.1, -0.05) is 17.8 Å². The van der Waals surface area contributed by atoms with E-state index < -0.39 is 11.6 Å². The van der Waals surface area contributed by atoms with Gasteiger partial charge in [0.15, 0.2) is 28.4 Å². The Balaban J connectivity index is 1.75. The van der Waals surface area contributed by atoms with Crippen molar-refractivity contribution in [2.24, 2.45) is 0 Å². The quantitative estimate of drug-likeness (QED) is 0.483. The normalized spacial score (nSPS) is 11.0.